The fourth-order valence-electron chi connectivity index (χ4n) is 1.77. The van der Waals surface area contributed by atoms with Crippen molar-refractivity contribution in [3.63, 3.8) is 0 Å². The van der Waals surface area contributed by atoms with Gasteiger partial charge in [-0.3, -0.25) is 0 Å². The Morgan fingerprint density at radius 1 is 0.545 bits per heavy atom. The number of benzene rings is 2. The lowest BCUT2D eigenvalue weighted by atomic mass is 9.61. The first-order chi connectivity index (χ1) is 10.2. The molecule has 0 spiro atoms. The topological polar surface area (TPSA) is 0 Å². The number of rotatable bonds is 2. The van der Waals surface area contributed by atoms with Crippen LogP contribution >= 0.6 is 11.5 Å². The van der Waals surface area contributed by atoms with Crippen molar-refractivity contribution < 1.29 is 35.1 Å². The average molecular weight is 344 g/mol. The standard InChI is InChI=1S/C12H2BClF8/c14-13(7-9(19)3(15)1-4(16)10(7)20)8-11(21)5(17)2-6(18)12(8)22/h1-2H. The average Bonchev–Trinajstić information content (AvgIpc) is 2.44. The third-order valence-electron chi connectivity index (χ3n) is 2.80. The van der Waals surface area contributed by atoms with Gasteiger partial charge in [-0.25, -0.2) is 35.1 Å². The Hall–Kier alpha value is -1.77. The van der Waals surface area contributed by atoms with Crippen LogP contribution in [0.3, 0.4) is 0 Å². The highest BCUT2D eigenvalue weighted by Gasteiger charge is 2.35. The second-order valence-electron chi connectivity index (χ2n) is 4.13. The van der Waals surface area contributed by atoms with E-state index in [0.29, 0.717) is 0 Å². The van der Waals surface area contributed by atoms with Crippen molar-refractivity contribution in [2.24, 2.45) is 0 Å². The maximum absolute atomic E-state index is 13.5. The Morgan fingerprint density at radius 3 is 1.00 bits per heavy atom. The minimum absolute atomic E-state index is 0.156. The van der Waals surface area contributed by atoms with E-state index in [1.54, 1.807) is 0 Å². The molecular weight excluding hydrogens is 342 g/mol. The summed E-state index contributed by atoms with van der Waals surface area (Å²) in [5.41, 5.74) is -3.22. The molecule has 22 heavy (non-hydrogen) atoms. The number of hydrogen-bond acceptors (Lipinski definition) is 0. The van der Waals surface area contributed by atoms with Crippen LogP contribution in [0.4, 0.5) is 35.1 Å². The largest absolute Gasteiger partial charge is 0.328 e. The van der Waals surface area contributed by atoms with Crippen LogP contribution in [-0.2, 0) is 0 Å². The van der Waals surface area contributed by atoms with Gasteiger partial charge >= 0.3 is 6.13 Å². The summed E-state index contributed by atoms with van der Waals surface area (Å²) in [7, 11) is 0. The third kappa shape index (κ3) is 2.53. The van der Waals surface area contributed by atoms with Crippen LogP contribution in [-0.4, -0.2) is 6.13 Å². The van der Waals surface area contributed by atoms with E-state index in [4.69, 9.17) is 11.5 Å². The van der Waals surface area contributed by atoms with Crippen molar-refractivity contribution in [3.05, 3.63) is 58.7 Å². The summed E-state index contributed by atoms with van der Waals surface area (Å²) in [6, 6.07) is -0.312. The lowest BCUT2D eigenvalue weighted by Gasteiger charge is -2.13. The molecule has 2 aromatic carbocycles. The molecule has 0 saturated heterocycles. The van der Waals surface area contributed by atoms with Crippen molar-refractivity contribution in [1.82, 2.24) is 0 Å². The highest BCUT2D eigenvalue weighted by molar-refractivity contribution is 7.21. The van der Waals surface area contributed by atoms with Crippen LogP contribution in [0.5, 0.6) is 0 Å². The maximum Gasteiger partial charge on any atom is 0.328 e. The molecule has 0 aliphatic heterocycles. The van der Waals surface area contributed by atoms with E-state index in [1.165, 1.54) is 0 Å². The molecule has 0 aliphatic rings. The van der Waals surface area contributed by atoms with Crippen molar-refractivity contribution >= 4 is 28.5 Å². The number of halogens is 9. The van der Waals surface area contributed by atoms with Crippen molar-refractivity contribution in [2.45, 2.75) is 0 Å². The zero-order valence-electron chi connectivity index (χ0n) is 10.1. The van der Waals surface area contributed by atoms with Gasteiger partial charge in [0.2, 0.25) is 0 Å². The first kappa shape index (κ1) is 16.6. The first-order valence-electron chi connectivity index (χ1n) is 5.46. The van der Waals surface area contributed by atoms with Gasteiger partial charge in [0.1, 0.15) is 0 Å². The van der Waals surface area contributed by atoms with Gasteiger partial charge in [-0.15, -0.1) is 0 Å². The van der Waals surface area contributed by atoms with E-state index >= 15 is 0 Å². The molecule has 0 atom stereocenters. The van der Waals surface area contributed by atoms with Crippen LogP contribution in [0, 0.1) is 46.5 Å². The monoisotopic (exact) mass is 344 g/mol. The Morgan fingerprint density at radius 2 is 0.773 bits per heavy atom. The Balaban J connectivity index is 2.77. The fourth-order valence-corrected chi connectivity index (χ4v) is 2.16. The van der Waals surface area contributed by atoms with Gasteiger partial charge in [-0.05, 0) is 0 Å². The van der Waals surface area contributed by atoms with Crippen LogP contribution in [0.15, 0.2) is 12.1 Å². The molecular formula is C12H2BClF8. The van der Waals surface area contributed by atoms with Crippen LogP contribution in [0.25, 0.3) is 0 Å². The molecule has 116 valence electrons. The lowest BCUT2D eigenvalue weighted by Crippen LogP contribution is -2.46. The maximum atomic E-state index is 13.5. The summed E-state index contributed by atoms with van der Waals surface area (Å²) in [5.74, 6) is -15.7. The van der Waals surface area contributed by atoms with Crippen LogP contribution in [0.2, 0.25) is 0 Å². The van der Waals surface area contributed by atoms with Gasteiger partial charge in [0.05, 0.1) is 0 Å². The van der Waals surface area contributed by atoms with Gasteiger partial charge in [0.25, 0.3) is 0 Å². The normalized spacial score (nSPS) is 11.0. The zero-order valence-corrected chi connectivity index (χ0v) is 10.9. The summed E-state index contributed by atoms with van der Waals surface area (Å²) < 4.78 is 106. The molecule has 0 nitrogen and oxygen atoms in total. The van der Waals surface area contributed by atoms with Crippen LogP contribution < -0.4 is 10.9 Å². The Labute approximate surface area is 123 Å². The molecule has 0 radical (unpaired) electrons. The van der Waals surface area contributed by atoms with Gasteiger partial charge in [0, 0.05) is 23.1 Å². The van der Waals surface area contributed by atoms with Gasteiger partial charge < -0.3 is 0 Å². The van der Waals surface area contributed by atoms with E-state index < -0.39 is 63.6 Å². The highest BCUT2D eigenvalue weighted by atomic mass is 35.5. The molecule has 0 fully saturated rings. The predicted octanol–water partition coefficient (Wildman–Crippen LogP) is 3.14. The minimum atomic E-state index is -2.55. The van der Waals surface area contributed by atoms with Crippen LogP contribution in [0.1, 0.15) is 0 Å². The van der Waals surface area contributed by atoms with Gasteiger partial charge in [-0.1, -0.05) is 0 Å². The Bertz CT molecular complexity index is 648. The van der Waals surface area contributed by atoms with E-state index in [9.17, 15) is 35.1 Å². The molecule has 2 rings (SSSR count). The summed E-state index contributed by atoms with van der Waals surface area (Å²) in [4.78, 5) is 0. The van der Waals surface area contributed by atoms with Gasteiger partial charge in [-0.2, -0.15) is 11.5 Å². The molecule has 0 saturated carbocycles. The molecule has 0 N–H and O–H groups in total. The molecule has 10 heteroatoms. The van der Waals surface area contributed by atoms with E-state index in [2.05, 4.69) is 0 Å². The number of hydrogen-bond donors (Lipinski definition) is 0. The van der Waals surface area contributed by atoms with Crippen molar-refractivity contribution in [2.75, 3.05) is 0 Å². The van der Waals surface area contributed by atoms with Crippen molar-refractivity contribution in [3.8, 4) is 0 Å². The molecule has 2 aromatic rings. The van der Waals surface area contributed by atoms with E-state index in [1.807, 2.05) is 0 Å². The molecule has 0 bridgehead atoms. The molecule has 0 aliphatic carbocycles. The summed E-state index contributed by atoms with van der Waals surface area (Å²) in [6.07, 6.45) is -2.55. The first-order valence-corrected chi connectivity index (χ1v) is 5.90. The summed E-state index contributed by atoms with van der Waals surface area (Å²) in [6.45, 7) is 0. The quantitative estimate of drug-likeness (QED) is 0.446. The molecule has 0 heterocycles. The summed E-state index contributed by atoms with van der Waals surface area (Å²) in [5, 5.41) is 0. The van der Waals surface area contributed by atoms with E-state index in [0.717, 1.165) is 0 Å². The molecule has 0 aromatic heterocycles. The van der Waals surface area contributed by atoms with E-state index in [-0.39, 0.29) is 12.1 Å². The smallest absolute Gasteiger partial charge is 0.204 e. The third-order valence-corrected chi connectivity index (χ3v) is 3.23. The molecule has 0 unspecified atom stereocenters. The summed E-state index contributed by atoms with van der Waals surface area (Å²) >= 11 is 5.41. The minimum Gasteiger partial charge on any atom is -0.204 e. The fraction of sp³-hybridized carbons (Fsp3) is 0. The second-order valence-corrected chi connectivity index (χ2v) is 4.56. The lowest BCUT2D eigenvalue weighted by molar-refractivity contribution is 0.460. The van der Waals surface area contributed by atoms with Gasteiger partial charge in [0.15, 0.2) is 46.5 Å². The van der Waals surface area contributed by atoms with Crippen molar-refractivity contribution in [1.29, 1.82) is 0 Å². The SMILES string of the molecule is Fc1cc(F)c(F)c(B(Cl)c2c(F)c(F)cc(F)c2F)c1F. The highest BCUT2D eigenvalue weighted by Crippen LogP contribution is 2.17. The second kappa shape index (κ2) is 5.79. The predicted molar refractivity (Wildman–Crippen MR) is 63.4 cm³/mol. The molecule has 0 amide bonds. The Kier molecular flexibility index (Phi) is 4.37. The zero-order chi connectivity index (χ0) is 16.8.